The summed E-state index contributed by atoms with van der Waals surface area (Å²) in [7, 11) is 0. The highest BCUT2D eigenvalue weighted by molar-refractivity contribution is 6.04. The highest BCUT2D eigenvalue weighted by atomic mass is 16.1. The zero-order valence-electron chi connectivity index (χ0n) is 17.7. The molecule has 6 nitrogen and oxygen atoms in total. The fraction of sp³-hybridized carbons (Fsp3) is 0.292. The number of hydrogen-bond donors (Lipinski definition) is 2. The zero-order valence-corrected chi connectivity index (χ0v) is 17.7. The van der Waals surface area contributed by atoms with Crippen molar-refractivity contribution in [1.29, 1.82) is 0 Å². The molecule has 0 aliphatic carbocycles. The largest absolute Gasteiger partial charge is 0.356 e. The van der Waals surface area contributed by atoms with E-state index in [2.05, 4.69) is 25.5 Å². The maximum atomic E-state index is 12.5. The van der Waals surface area contributed by atoms with Crippen LogP contribution in [0.25, 0.3) is 0 Å². The number of aromatic nitrogens is 2. The molecule has 1 aliphatic rings. The second kappa shape index (κ2) is 8.53. The van der Waals surface area contributed by atoms with Gasteiger partial charge >= 0.3 is 0 Å². The van der Waals surface area contributed by atoms with Crippen molar-refractivity contribution in [1.82, 2.24) is 9.97 Å². The highest BCUT2D eigenvalue weighted by Gasteiger charge is 2.15. The lowest BCUT2D eigenvalue weighted by atomic mass is 10.1. The van der Waals surface area contributed by atoms with Gasteiger partial charge in [0, 0.05) is 41.8 Å². The Kier molecular flexibility index (Phi) is 5.65. The van der Waals surface area contributed by atoms with Gasteiger partial charge in [-0.3, -0.25) is 4.79 Å². The molecule has 1 aromatic heterocycles. The topological polar surface area (TPSA) is 70.2 Å². The second-order valence-corrected chi connectivity index (χ2v) is 7.84. The number of nitrogens with one attached hydrogen (secondary N) is 2. The Balaban J connectivity index is 1.43. The Morgan fingerprint density at radius 2 is 1.57 bits per heavy atom. The van der Waals surface area contributed by atoms with Crippen LogP contribution in [-0.4, -0.2) is 29.0 Å². The molecule has 1 fully saturated rings. The lowest BCUT2D eigenvalue weighted by Crippen LogP contribution is -2.19. The fourth-order valence-electron chi connectivity index (χ4n) is 3.57. The van der Waals surface area contributed by atoms with Crippen LogP contribution < -0.4 is 15.5 Å². The number of carbonyl (C=O) groups is 1. The summed E-state index contributed by atoms with van der Waals surface area (Å²) in [6, 6.07) is 15.3. The molecule has 2 aromatic carbocycles. The van der Waals surface area contributed by atoms with E-state index in [1.54, 1.807) is 0 Å². The van der Waals surface area contributed by atoms with Crippen molar-refractivity contribution in [3.8, 4) is 0 Å². The molecule has 30 heavy (non-hydrogen) atoms. The molecule has 2 N–H and O–H groups in total. The second-order valence-electron chi connectivity index (χ2n) is 7.84. The van der Waals surface area contributed by atoms with Crippen molar-refractivity contribution < 1.29 is 4.79 Å². The first kappa shape index (κ1) is 19.9. The summed E-state index contributed by atoms with van der Waals surface area (Å²) < 4.78 is 0. The minimum Gasteiger partial charge on any atom is -0.356 e. The van der Waals surface area contributed by atoms with E-state index in [1.807, 2.05) is 69.3 Å². The third-order valence-corrected chi connectivity index (χ3v) is 5.44. The van der Waals surface area contributed by atoms with Gasteiger partial charge in [0.05, 0.1) is 0 Å². The molecule has 1 amide bonds. The predicted molar refractivity (Wildman–Crippen MR) is 122 cm³/mol. The summed E-state index contributed by atoms with van der Waals surface area (Å²) in [5, 5.41) is 6.22. The van der Waals surface area contributed by atoms with Crippen LogP contribution >= 0.6 is 0 Å². The summed E-state index contributed by atoms with van der Waals surface area (Å²) in [6.07, 6.45) is 2.42. The molecule has 0 saturated carbocycles. The van der Waals surface area contributed by atoms with Gasteiger partial charge in [-0.15, -0.1) is 0 Å². The van der Waals surface area contributed by atoms with Crippen LogP contribution in [0.15, 0.2) is 48.5 Å². The first-order valence-electron chi connectivity index (χ1n) is 10.3. The smallest absolute Gasteiger partial charge is 0.255 e. The summed E-state index contributed by atoms with van der Waals surface area (Å²) >= 11 is 0. The van der Waals surface area contributed by atoms with E-state index in [1.165, 1.54) is 18.4 Å². The van der Waals surface area contributed by atoms with Crippen LogP contribution in [0.1, 0.15) is 40.0 Å². The van der Waals surface area contributed by atoms with E-state index < -0.39 is 0 Å². The number of nitrogens with zero attached hydrogens (tertiary/aromatic N) is 3. The molecule has 0 bridgehead atoms. The number of carbonyl (C=O) groups excluding carboxylic acids is 1. The maximum absolute atomic E-state index is 12.5. The van der Waals surface area contributed by atoms with Gasteiger partial charge in [0.25, 0.3) is 5.91 Å². The molecule has 6 heteroatoms. The maximum Gasteiger partial charge on any atom is 0.255 e. The SMILES string of the molecule is Cc1cc(N2CCCC2)nc(Nc2ccc(NC(=O)c3ccc(C)c(C)c3)cc2)n1. The summed E-state index contributed by atoms with van der Waals surface area (Å²) in [5.74, 6) is 1.44. The van der Waals surface area contributed by atoms with Crippen LogP contribution in [0.2, 0.25) is 0 Å². The molecule has 3 aromatic rings. The van der Waals surface area contributed by atoms with E-state index >= 15 is 0 Å². The molecule has 0 radical (unpaired) electrons. The van der Waals surface area contributed by atoms with Crippen molar-refractivity contribution in [2.45, 2.75) is 33.6 Å². The predicted octanol–water partition coefficient (Wildman–Crippen LogP) is 5.00. The number of anilines is 4. The third kappa shape index (κ3) is 4.59. The minimum atomic E-state index is -0.115. The van der Waals surface area contributed by atoms with Gasteiger partial charge in [-0.1, -0.05) is 6.07 Å². The Morgan fingerprint density at radius 1 is 0.867 bits per heavy atom. The van der Waals surface area contributed by atoms with Gasteiger partial charge in [0.1, 0.15) is 5.82 Å². The van der Waals surface area contributed by atoms with Gasteiger partial charge in [0.15, 0.2) is 0 Å². The number of hydrogen-bond acceptors (Lipinski definition) is 5. The first-order valence-corrected chi connectivity index (χ1v) is 10.3. The van der Waals surface area contributed by atoms with Crippen LogP contribution in [0.3, 0.4) is 0 Å². The number of benzene rings is 2. The average molecular weight is 402 g/mol. The van der Waals surface area contributed by atoms with Crippen molar-refractivity contribution >= 4 is 29.0 Å². The van der Waals surface area contributed by atoms with Gasteiger partial charge < -0.3 is 15.5 Å². The lowest BCUT2D eigenvalue weighted by Gasteiger charge is -2.17. The summed E-state index contributed by atoms with van der Waals surface area (Å²) in [5.41, 5.74) is 5.49. The Bertz CT molecular complexity index is 1060. The molecule has 0 atom stereocenters. The Morgan fingerprint density at radius 3 is 2.27 bits per heavy atom. The van der Waals surface area contributed by atoms with Crippen molar-refractivity contribution in [3.63, 3.8) is 0 Å². The molecule has 2 heterocycles. The fourth-order valence-corrected chi connectivity index (χ4v) is 3.57. The van der Waals surface area contributed by atoms with Crippen molar-refractivity contribution in [2.24, 2.45) is 0 Å². The van der Waals surface area contributed by atoms with E-state index in [4.69, 9.17) is 0 Å². The quantitative estimate of drug-likeness (QED) is 0.630. The standard InChI is InChI=1S/C24H27N5O/c1-16-6-7-19(14-17(16)2)23(30)26-20-8-10-21(11-9-20)27-24-25-18(3)15-22(28-24)29-12-4-5-13-29/h6-11,14-15H,4-5,12-13H2,1-3H3,(H,26,30)(H,25,27,28). The zero-order chi connectivity index (χ0) is 21.1. The molecule has 0 spiro atoms. The van der Waals surface area contributed by atoms with Gasteiger partial charge in [-0.2, -0.15) is 4.98 Å². The summed E-state index contributed by atoms with van der Waals surface area (Å²) in [6.45, 7) is 8.12. The molecule has 4 rings (SSSR count). The average Bonchev–Trinajstić information content (AvgIpc) is 3.26. The van der Waals surface area contributed by atoms with Crippen molar-refractivity contribution in [2.75, 3.05) is 28.6 Å². The van der Waals surface area contributed by atoms with Crippen LogP contribution in [-0.2, 0) is 0 Å². The lowest BCUT2D eigenvalue weighted by molar-refractivity contribution is 0.102. The molecule has 154 valence electrons. The normalized spacial score (nSPS) is 13.4. The van der Waals surface area contributed by atoms with Gasteiger partial charge in [0.2, 0.25) is 5.95 Å². The number of aryl methyl sites for hydroxylation is 3. The monoisotopic (exact) mass is 401 g/mol. The van der Waals surface area contributed by atoms with E-state index in [-0.39, 0.29) is 5.91 Å². The summed E-state index contributed by atoms with van der Waals surface area (Å²) in [4.78, 5) is 24.0. The van der Waals surface area contributed by atoms with Crippen molar-refractivity contribution in [3.05, 3.63) is 70.9 Å². The molecule has 0 unspecified atom stereocenters. The third-order valence-electron chi connectivity index (χ3n) is 5.44. The first-order chi connectivity index (χ1) is 14.5. The molecule has 1 saturated heterocycles. The number of amides is 1. The Hall–Kier alpha value is -3.41. The van der Waals surface area contributed by atoms with E-state index in [0.717, 1.165) is 41.5 Å². The highest BCUT2D eigenvalue weighted by Crippen LogP contribution is 2.23. The van der Waals surface area contributed by atoms with Gasteiger partial charge in [-0.25, -0.2) is 4.98 Å². The molecular weight excluding hydrogens is 374 g/mol. The van der Waals surface area contributed by atoms with Crippen LogP contribution in [0, 0.1) is 20.8 Å². The van der Waals surface area contributed by atoms with Crippen LogP contribution in [0.5, 0.6) is 0 Å². The van der Waals surface area contributed by atoms with E-state index in [0.29, 0.717) is 11.5 Å². The molecular formula is C24H27N5O. The van der Waals surface area contributed by atoms with E-state index in [9.17, 15) is 4.79 Å². The van der Waals surface area contributed by atoms with Crippen LogP contribution in [0.4, 0.5) is 23.1 Å². The molecule has 1 aliphatic heterocycles. The Labute approximate surface area is 177 Å². The number of rotatable bonds is 5. The minimum absolute atomic E-state index is 0.115. The van der Waals surface area contributed by atoms with Gasteiger partial charge in [-0.05, 0) is 81.1 Å².